The van der Waals surface area contributed by atoms with Gasteiger partial charge in [-0.3, -0.25) is 4.79 Å². The highest BCUT2D eigenvalue weighted by Gasteiger charge is 2.19. The number of fused-ring (bicyclic) bond motifs is 1. The fourth-order valence-corrected chi connectivity index (χ4v) is 4.72. The summed E-state index contributed by atoms with van der Waals surface area (Å²) >= 11 is 3.16. The monoisotopic (exact) mass is 361 g/mol. The molecule has 4 heterocycles. The standard InChI is InChI=1S/C16H19N5OS2/c1-10-20-21-9-11(19-16(21)23-10)6-8-18-15(22)14-5-4-13(24-14)12-3-2-7-17-12/h4-5,9,12,17H,2-3,6-8H2,1H3,(H,18,22)/t12-/m0/s1. The number of imidazole rings is 1. The molecule has 8 heteroatoms. The molecular formula is C16H19N5OS2. The van der Waals surface area contributed by atoms with Crippen molar-refractivity contribution in [3.05, 3.63) is 38.8 Å². The minimum Gasteiger partial charge on any atom is -0.351 e. The van der Waals surface area contributed by atoms with Gasteiger partial charge < -0.3 is 10.6 Å². The number of amides is 1. The summed E-state index contributed by atoms with van der Waals surface area (Å²) in [4.78, 5) is 19.7. The van der Waals surface area contributed by atoms with E-state index in [2.05, 4.69) is 26.8 Å². The maximum Gasteiger partial charge on any atom is 0.261 e. The lowest BCUT2D eigenvalue weighted by atomic mass is 10.2. The highest BCUT2D eigenvalue weighted by molar-refractivity contribution is 7.16. The van der Waals surface area contributed by atoms with Crippen LogP contribution in [0.1, 0.15) is 44.1 Å². The molecule has 3 aromatic heterocycles. The van der Waals surface area contributed by atoms with Gasteiger partial charge in [0.2, 0.25) is 4.96 Å². The number of aromatic nitrogens is 3. The van der Waals surface area contributed by atoms with Crippen molar-refractivity contribution >= 4 is 33.5 Å². The van der Waals surface area contributed by atoms with Gasteiger partial charge >= 0.3 is 0 Å². The van der Waals surface area contributed by atoms with Crippen molar-refractivity contribution in [1.82, 2.24) is 25.2 Å². The Morgan fingerprint density at radius 3 is 3.17 bits per heavy atom. The van der Waals surface area contributed by atoms with Crippen LogP contribution in [0.2, 0.25) is 0 Å². The van der Waals surface area contributed by atoms with Gasteiger partial charge in [0.25, 0.3) is 5.91 Å². The van der Waals surface area contributed by atoms with Crippen molar-refractivity contribution in [3.8, 4) is 0 Å². The third kappa shape index (κ3) is 3.22. The number of hydrogen-bond donors (Lipinski definition) is 2. The van der Waals surface area contributed by atoms with Crippen LogP contribution in [0.15, 0.2) is 18.3 Å². The van der Waals surface area contributed by atoms with Gasteiger partial charge in [0.15, 0.2) is 0 Å². The fourth-order valence-electron chi connectivity index (χ4n) is 2.95. The quantitative estimate of drug-likeness (QED) is 0.733. The van der Waals surface area contributed by atoms with Gasteiger partial charge in [0, 0.05) is 23.9 Å². The van der Waals surface area contributed by atoms with E-state index in [1.54, 1.807) is 27.2 Å². The molecule has 0 spiro atoms. The Morgan fingerprint density at radius 1 is 1.46 bits per heavy atom. The Labute approximate surface area is 147 Å². The minimum atomic E-state index is -0.000706. The molecule has 0 radical (unpaired) electrons. The average Bonchev–Trinajstić information content (AvgIpc) is 3.30. The molecule has 1 atom stereocenters. The van der Waals surface area contributed by atoms with E-state index in [9.17, 15) is 4.79 Å². The smallest absolute Gasteiger partial charge is 0.261 e. The topological polar surface area (TPSA) is 71.3 Å². The van der Waals surface area contributed by atoms with Crippen molar-refractivity contribution in [2.45, 2.75) is 32.2 Å². The van der Waals surface area contributed by atoms with E-state index in [1.807, 2.05) is 19.2 Å². The molecule has 1 fully saturated rings. The van der Waals surface area contributed by atoms with E-state index in [-0.39, 0.29) is 5.91 Å². The summed E-state index contributed by atoms with van der Waals surface area (Å²) in [6.45, 7) is 3.62. The predicted octanol–water partition coefficient (Wildman–Crippen LogP) is 2.56. The summed E-state index contributed by atoms with van der Waals surface area (Å²) in [5.41, 5.74) is 0.955. The van der Waals surface area contributed by atoms with Crippen LogP contribution in [0.4, 0.5) is 0 Å². The molecule has 1 aliphatic heterocycles. The Balaban J connectivity index is 1.31. The molecule has 1 aliphatic rings. The van der Waals surface area contributed by atoms with Crippen LogP contribution < -0.4 is 10.6 Å². The third-order valence-corrected chi connectivity index (χ3v) is 6.15. The van der Waals surface area contributed by atoms with Crippen LogP contribution >= 0.6 is 22.7 Å². The minimum absolute atomic E-state index is 0.000706. The summed E-state index contributed by atoms with van der Waals surface area (Å²) in [6, 6.07) is 4.42. The Morgan fingerprint density at radius 2 is 2.38 bits per heavy atom. The van der Waals surface area contributed by atoms with Gasteiger partial charge in [-0.25, -0.2) is 9.50 Å². The molecule has 0 aliphatic carbocycles. The first-order valence-corrected chi connectivity index (χ1v) is 9.75. The van der Waals surface area contributed by atoms with E-state index in [0.717, 1.165) is 33.5 Å². The molecule has 1 amide bonds. The number of carbonyl (C=O) groups excluding carboxylic acids is 1. The highest BCUT2D eigenvalue weighted by atomic mass is 32.1. The number of carbonyl (C=O) groups is 1. The van der Waals surface area contributed by atoms with Gasteiger partial charge in [-0.2, -0.15) is 5.10 Å². The van der Waals surface area contributed by atoms with Gasteiger partial charge in [-0.15, -0.1) is 11.3 Å². The number of nitrogens with zero attached hydrogens (tertiary/aromatic N) is 3. The maximum absolute atomic E-state index is 12.3. The number of nitrogens with one attached hydrogen (secondary N) is 2. The lowest BCUT2D eigenvalue weighted by molar-refractivity contribution is 0.0958. The van der Waals surface area contributed by atoms with Crippen molar-refractivity contribution in [3.63, 3.8) is 0 Å². The molecule has 3 aromatic rings. The van der Waals surface area contributed by atoms with Crippen LogP contribution in [-0.4, -0.2) is 33.6 Å². The normalized spacial score (nSPS) is 17.6. The SMILES string of the molecule is Cc1nn2cc(CCNC(=O)c3ccc([C@@H]4CCCN4)s3)nc2s1. The second-order valence-electron chi connectivity index (χ2n) is 5.94. The van der Waals surface area contributed by atoms with E-state index in [0.29, 0.717) is 19.0 Å². The second kappa shape index (κ2) is 6.62. The van der Waals surface area contributed by atoms with Crippen molar-refractivity contribution in [1.29, 1.82) is 0 Å². The molecule has 6 nitrogen and oxygen atoms in total. The van der Waals surface area contributed by atoms with Crippen LogP contribution in [-0.2, 0) is 6.42 Å². The average molecular weight is 361 g/mol. The summed E-state index contributed by atoms with van der Waals surface area (Å²) in [5, 5.41) is 11.8. The van der Waals surface area contributed by atoms with Crippen LogP contribution in [0.5, 0.6) is 0 Å². The first-order valence-electron chi connectivity index (χ1n) is 8.12. The van der Waals surface area contributed by atoms with E-state index in [1.165, 1.54) is 11.3 Å². The zero-order chi connectivity index (χ0) is 16.5. The van der Waals surface area contributed by atoms with E-state index in [4.69, 9.17) is 0 Å². The molecule has 24 heavy (non-hydrogen) atoms. The zero-order valence-electron chi connectivity index (χ0n) is 13.4. The first kappa shape index (κ1) is 15.7. The molecule has 0 aromatic carbocycles. The lowest BCUT2D eigenvalue weighted by Crippen LogP contribution is -2.24. The van der Waals surface area contributed by atoms with Crippen molar-refractivity contribution in [2.75, 3.05) is 13.1 Å². The number of aryl methyl sites for hydroxylation is 1. The van der Waals surface area contributed by atoms with Crippen molar-refractivity contribution in [2.24, 2.45) is 0 Å². The predicted molar refractivity (Wildman–Crippen MR) is 95.9 cm³/mol. The first-order chi connectivity index (χ1) is 11.7. The van der Waals surface area contributed by atoms with Crippen LogP contribution in [0.25, 0.3) is 4.96 Å². The summed E-state index contributed by atoms with van der Waals surface area (Å²) < 4.78 is 1.80. The Bertz CT molecular complexity index is 827. The summed E-state index contributed by atoms with van der Waals surface area (Å²) in [5.74, 6) is -0.000706. The Hall–Kier alpha value is -1.77. The molecule has 0 saturated carbocycles. The van der Waals surface area contributed by atoms with Crippen LogP contribution in [0, 0.1) is 6.92 Å². The molecule has 0 unspecified atom stereocenters. The van der Waals surface area contributed by atoms with Gasteiger partial charge in [-0.05, 0) is 38.4 Å². The number of hydrogen-bond acceptors (Lipinski definition) is 6. The molecule has 4 rings (SSSR count). The van der Waals surface area contributed by atoms with E-state index >= 15 is 0 Å². The summed E-state index contributed by atoms with van der Waals surface area (Å²) in [7, 11) is 0. The largest absolute Gasteiger partial charge is 0.351 e. The lowest BCUT2D eigenvalue weighted by Gasteiger charge is -2.06. The maximum atomic E-state index is 12.3. The second-order valence-corrected chi connectivity index (χ2v) is 8.21. The van der Waals surface area contributed by atoms with Crippen molar-refractivity contribution < 1.29 is 4.79 Å². The number of rotatable bonds is 5. The molecule has 2 N–H and O–H groups in total. The Kier molecular flexibility index (Phi) is 4.34. The van der Waals surface area contributed by atoms with Gasteiger partial charge in [-0.1, -0.05) is 11.3 Å². The van der Waals surface area contributed by atoms with E-state index < -0.39 is 0 Å². The van der Waals surface area contributed by atoms with Gasteiger partial charge in [0.05, 0.1) is 16.8 Å². The molecule has 126 valence electrons. The molecular weight excluding hydrogens is 342 g/mol. The zero-order valence-corrected chi connectivity index (χ0v) is 15.0. The highest BCUT2D eigenvalue weighted by Crippen LogP contribution is 2.29. The molecule has 1 saturated heterocycles. The third-order valence-electron chi connectivity index (χ3n) is 4.12. The number of thiophene rings is 1. The summed E-state index contributed by atoms with van der Waals surface area (Å²) in [6.07, 6.45) is 5.01. The molecule has 0 bridgehead atoms. The fraction of sp³-hybridized carbons (Fsp3) is 0.438. The van der Waals surface area contributed by atoms with Crippen LogP contribution in [0.3, 0.4) is 0 Å². The van der Waals surface area contributed by atoms with Gasteiger partial charge in [0.1, 0.15) is 5.01 Å².